The quantitative estimate of drug-likeness (QED) is 0.680. The number of hydrogen-bond donors (Lipinski definition) is 2. The first-order chi connectivity index (χ1) is 7.34. The molecule has 3 N–H and O–H groups in total. The van der Waals surface area contributed by atoms with Crippen LogP contribution in [0.15, 0.2) is 0 Å². The van der Waals surface area contributed by atoms with Crippen molar-refractivity contribution in [1.29, 1.82) is 0 Å². The van der Waals surface area contributed by atoms with E-state index in [1.54, 1.807) is 0 Å². The minimum absolute atomic E-state index is 0.173. The van der Waals surface area contributed by atoms with E-state index in [4.69, 9.17) is 5.73 Å². The monoisotopic (exact) mass is 226 g/mol. The molecular weight excluding hydrogens is 200 g/mol. The fourth-order valence-electron chi connectivity index (χ4n) is 2.58. The van der Waals surface area contributed by atoms with Gasteiger partial charge in [-0.25, -0.2) is 0 Å². The Labute approximate surface area is 99.2 Å². The van der Waals surface area contributed by atoms with Crippen molar-refractivity contribution in [3.8, 4) is 0 Å². The maximum atomic E-state index is 11.5. The molecule has 1 amide bonds. The zero-order valence-electron chi connectivity index (χ0n) is 11.1. The Kier molecular flexibility index (Phi) is 4.00. The highest BCUT2D eigenvalue weighted by Gasteiger charge is 2.64. The van der Waals surface area contributed by atoms with Crippen molar-refractivity contribution in [3.05, 3.63) is 0 Å². The predicted octanol–water partition coefficient (Wildman–Crippen LogP) is 1.91. The van der Waals surface area contributed by atoms with Crippen LogP contribution in [-0.4, -0.2) is 19.0 Å². The van der Waals surface area contributed by atoms with E-state index in [0.29, 0.717) is 29.7 Å². The van der Waals surface area contributed by atoms with Crippen molar-refractivity contribution in [1.82, 2.24) is 5.32 Å². The Bertz CT molecular complexity index is 245. The molecule has 1 saturated carbocycles. The molecule has 0 spiro atoms. The van der Waals surface area contributed by atoms with Crippen LogP contribution in [0.4, 0.5) is 0 Å². The number of nitrogens with one attached hydrogen (secondary N) is 1. The molecule has 0 atom stereocenters. The first-order valence-corrected chi connectivity index (χ1v) is 6.31. The molecule has 0 aromatic heterocycles. The number of carbonyl (C=O) groups is 1. The molecule has 3 heteroatoms. The van der Waals surface area contributed by atoms with Gasteiger partial charge in [0.15, 0.2) is 0 Å². The summed E-state index contributed by atoms with van der Waals surface area (Å²) in [7, 11) is 0. The topological polar surface area (TPSA) is 55.1 Å². The van der Waals surface area contributed by atoms with E-state index in [9.17, 15) is 4.79 Å². The maximum Gasteiger partial charge on any atom is 0.220 e. The lowest BCUT2D eigenvalue weighted by atomic mass is 10.0. The number of hydrogen-bond acceptors (Lipinski definition) is 2. The summed E-state index contributed by atoms with van der Waals surface area (Å²) in [5.41, 5.74) is 6.10. The van der Waals surface area contributed by atoms with Crippen LogP contribution in [0.25, 0.3) is 0 Å². The SMILES string of the molecule is CC1(C)C(CNC(=O)CCCCN)C1(C)C. The van der Waals surface area contributed by atoms with E-state index < -0.39 is 0 Å². The Morgan fingerprint density at radius 2 is 1.75 bits per heavy atom. The minimum atomic E-state index is 0.173. The zero-order valence-corrected chi connectivity index (χ0v) is 11.1. The molecule has 1 aliphatic carbocycles. The van der Waals surface area contributed by atoms with E-state index in [1.807, 2.05) is 0 Å². The third kappa shape index (κ3) is 2.57. The van der Waals surface area contributed by atoms with Crippen LogP contribution < -0.4 is 11.1 Å². The molecule has 0 aromatic carbocycles. The molecule has 0 radical (unpaired) electrons. The standard InChI is InChI=1S/C13H26N2O/c1-12(2)10(13(12,3)4)9-15-11(16)7-5-6-8-14/h10H,5-9,14H2,1-4H3,(H,15,16). The molecule has 3 nitrogen and oxygen atoms in total. The highest BCUT2D eigenvalue weighted by Crippen LogP contribution is 2.67. The average molecular weight is 226 g/mol. The van der Waals surface area contributed by atoms with E-state index in [0.717, 1.165) is 19.4 Å². The third-order valence-electron chi connectivity index (χ3n) is 4.68. The van der Waals surface area contributed by atoms with Crippen molar-refractivity contribution < 1.29 is 4.79 Å². The van der Waals surface area contributed by atoms with Crippen LogP contribution in [0.1, 0.15) is 47.0 Å². The van der Waals surface area contributed by atoms with Gasteiger partial charge >= 0.3 is 0 Å². The van der Waals surface area contributed by atoms with Gasteiger partial charge in [-0.15, -0.1) is 0 Å². The molecule has 1 aliphatic rings. The smallest absolute Gasteiger partial charge is 0.220 e. The normalized spacial score (nSPS) is 21.8. The molecule has 0 aliphatic heterocycles. The third-order valence-corrected chi connectivity index (χ3v) is 4.68. The van der Waals surface area contributed by atoms with Gasteiger partial charge in [0.25, 0.3) is 0 Å². The summed E-state index contributed by atoms with van der Waals surface area (Å²) in [6, 6.07) is 0. The number of amides is 1. The second-order valence-corrected chi connectivity index (χ2v) is 6.05. The molecule has 1 fully saturated rings. The summed E-state index contributed by atoms with van der Waals surface area (Å²) < 4.78 is 0. The first-order valence-electron chi connectivity index (χ1n) is 6.31. The Morgan fingerprint density at radius 3 is 2.19 bits per heavy atom. The largest absolute Gasteiger partial charge is 0.356 e. The highest BCUT2D eigenvalue weighted by molar-refractivity contribution is 5.75. The number of carbonyl (C=O) groups excluding carboxylic acids is 1. The molecule has 94 valence electrons. The maximum absolute atomic E-state index is 11.5. The van der Waals surface area contributed by atoms with Gasteiger partial charge in [-0.2, -0.15) is 0 Å². The van der Waals surface area contributed by atoms with Crippen molar-refractivity contribution in [2.24, 2.45) is 22.5 Å². The average Bonchev–Trinajstić information content (AvgIpc) is 2.55. The van der Waals surface area contributed by atoms with Gasteiger partial charge in [-0.3, -0.25) is 4.79 Å². The summed E-state index contributed by atoms with van der Waals surface area (Å²) in [4.78, 5) is 11.5. The van der Waals surface area contributed by atoms with Crippen LogP contribution in [0, 0.1) is 16.7 Å². The van der Waals surface area contributed by atoms with Crippen LogP contribution in [0.5, 0.6) is 0 Å². The Hall–Kier alpha value is -0.570. The van der Waals surface area contributed by atoms with Crippen molar-refractivity contribution in [2.75, 3.05) is 13.1 Å². The molecule has 0 bridgehead atoms. The summed E-state index contributed by atoms with van der Waals surface area (Å²) in [6.45, 7) is 10.6. The first kappa shape index (κ1) is 13.5. The van der Waals surface area contributed by atoms with E-state index >= 15 is 0 Å². The van der Waals surface area contributed by atoms with Gasteiger partial charge in [-0.05, 0) is 36.1 Å². The lowest BCUT2D eigenvalue weighted by Gasteiger charge is -2.06. The fourth-order valence-corrected chi connectivity index (χ4v) is 2.58. The summed E-state index contributed by atoms with van der Waals surface area (Å²) in [5.74, 6) is 0.783. The summed E-state index contributed by atoms with van der Waals surface area (Å²) in [5, 5.41) is 3.03. The van der Waals surface area contributed by atoms with Crippen LogP contribution in [0.2, 0.25) is 0 Å². The second kappa shape index (κ2) is 4.74. The summed E-state index contributed by atoms with van der Waals surface area (Å²) >= 11 is 0. The van der Waals surface area contributed by atoms with Gasteiger partial charge in [0.05, 0.1) is 0 Å². The molecule has 0 unspecified atom stereocenters. The van der Waals surface area contributed by atoms with E-state index in [1.165, 1.54) is 0 Å². The van der Waals surface area contributed by atoms with Crippen molar-refractivity contribution in [2.45, 2.75) is 47.0 Å². The lowest BCUT2D eigenvalue weighted by Crippen LogP contribution is -2.26. The number of rotatable bonds is 6. The fraction of sp³-hybridized carbons (Fsp3) is 0.923. The van der Waals surface area contributed by atoms with Gasteiger partial charge in [0, 0.05) is 13.0 Å². The highest BCUT2D eigenvalue weighted by atomic mass is 16.1. The van der Waals surface area contributed by atoms with Gasteiger partial charge in [0.2, 0.25) is 5.91 Å². The van der Waals surface area contributed by atoms with Gasteiger partial charge in [-0.1, -0.05) is 27.7 Å². The van der Waals surface area contributed by atoms with Crippen molar-refractivity contribution in [3.63, 3.8) is 0 Å². The Morgan fingerprint density at radius 1 is 1.19 bits per heavy atom. The molecule has 1 rings (SSSR count). The predicted molar refractivity (Wildman–Crippen MR) is 67.0 cm³/mol. The van der Waals surface area contributed by atoms with Gasteiger partial charge < -0.3 is 11.1 Å². The molecule has 16 heavy (non-hydrogen) atoms. The van der Waals surface area contributed by atoms with E-state index in [-0.39, 0.29) is 5.91 Å². The second-order valence-electron chi connectivity index (χ2n) is 6.05. The van der Waals surface area contributed by atoms with Crippen LogP contribution in [0.3, 0.4) is 0 Å². The minimum Gasteiger partial charge on any atom is -0.356 e. The molecule has 0 heterocycles. The molecular formula is C13H26N2O. The molecule has 0 aromatic rings. The van der Waals surface area contributed by atoms with Gasteiger partial charge in [0.1, 0.15) is 0 Å². The summed E-state index contributed by atoms with van der Waals surface area (Å²) in [6.07, 6.45) is 2.46. The number of unbranched alkanes of at least 4 members (excludes halogenated alkanes) is 1. The van der Waals surface area contributed by atoms with Crippen molar-refractivity contribution >= 4 is 5.91 Å². The Balaban J connectivity index is 2.19. The zero-order chi connectivity index (χ0) is 12.4. The number of nitrogens with two attached hydrogens (primary N) is 1. The van der Waals surface area contributed by atoms with Crippen LogP contribution in [-0.2, 0) is 4.79 Å². The van der Waals surface area contributed by atoms with E-state index in [2.05, 4.69) is 33.0 Å². The lowest BCUT2D eigenvalue weighted by molar-refractivity contribution is -0.121. The molecule has 0 saturated heterocycles. The van der Waals surface area contributed by atoms with Crippen LogP contribution >= 0.6 is 0 Å².